The van der Waals surface area contributed by atoms with Gasteiger partial charge in [-0.05, 0) is 6.92 Å². The molecule has 0 aromatic carbocycles. The lowest BCUT2D eigenvalue weighted by atomic mass is 10.2. The van der Waals surface area contributed by atoms with Gasteiger partial charge in [0.05, 0.1) is 31.8 Å². The van der Waals surface area contributed by atoms with Crippen LogP contribution in [0.5, 0.6) is 0 Å². The van der Waals surface area contributed by atoms with Gasteiger partial charge in [-0.1, -0.05) is 0 Å². The van der Waals surface area contributed by atoms with Gasteiger partial charge in [0.1, 0.15) is 0 Å². The van der Waals surface area contributed by atoms with Gasteiger partial charge in [0, 0.05) is 20.2 Å². The molecule has 1 saturated heterocycles. The predicted octanol–water partition coefficient (Wildman–Crippen LogP) is -0.402. The first-order valence-corrected chi connectivity index (χ1v) is 5.29. The molecule has 0 aromatic rings. The first kappa shape index (κ1) is 12.4. The topological polar surface area (TPSA) is 64.8 Å². The van der Waals surface area contributed by atoms with E-state index in [0.29, 0.717) is 32.7 Å². The van der Waals surface area contributed by atoms with Gasteiger partial charge in [-0.25, -0.2) is 0 Å². The van der Waals surface area contributed by atoms with Crippen LogP contribution in [0.4, 0.5) is 0 Å². The third-order valence-electron chi connectivity index (χ3n) is 2.69. The molecule has 1 aliphatic rings. The van der Waals surface area contributed by atoms with E-state index in [0.717, 1.165) is 0 Å². The molecule has 2 unspecified atom stereocenters. The van der Waals surface area contributed by atoms with E-state index in [1.54, 1.807) is 7.11 Å². The van der Waals surface area contributed by atoms with E-state index in [-0.39, 0.29) is 18.1 Å². The molecule has 0 bridgehead atoms. The van der Waals surface area contributed by atoms with Gasteiger partial charge in [0.2, 0.25) is 5.91 Å². The highest BCUT2D eigenvalue weighted by Gasteiger charge is 2.25. The van der Waals surface area contributed by atoms with Gasteiger partial charge in [0.25, 0.3) is 0 Å². The minimum absolute atomic E-state index is 0.100. The lowest BCUT2D eigenvalue weighted by molar-refractivity contribution is -0.141. The van der Waals surface area contributed by atoms with Crippen molar-refractivity contribution in [2.45, 2.75) is 25.5 Å². The maximum atomic E-state index is 11.9. The molecule has 1 aliphatic heterocycles. The predicted molar refractivity (Wildman–Crippen MR) is 56.5 cm³/mol. The Morgan fingerprint density at radius 2 is 2.47 bits per heavy atom. The fourth-order valence-electron chi connectivity index (χ4n) is 1.67. The summed E-state index contributed by atoms with van der Waals surface area (Å²) in [5.74, 6) is 0.100. The molecular weight excluding hydrogens is 196 g/mol. The number of nitrogens with two attached hydrogens (primary N) is 1. The number of ether oxygens (including phenoxy) is 2. The van der Waals surface area contributed by atoms with Crippen molar-refractivity contribution in [3.63, 3.8) is 0 Å². The maximum Gasteiger partial charge on any atom is 0.225 e. The molecule has 0 radical (unpaired) electrons. The van der Waals surface area contributed by atoms with Gasteiger partial charge in [-0.3, -0.25) is 4.79 Å². The zero-order valence-electron chi connectivity index (χ0n) is 9.44. The summed E-state index contributed by atoms with van der Waals surface area (Å²) in [5.41, 5.74) is 5.48. The lowest BCUT2D eigenvalue weighted by Gasteiger charge is -2.34. The number of carbonyl (C=O) groups excluding carboxylic acids is 1. The number of amides is 1. The first-order chi connectivity index (χ1) is 7.19. The van der Waals surface area contributed by atoms with Crippen LogP contribution in [0.2, 0.25) is 0 Å². The van der Waals surface area contributed by atoms with Gasteiger partial charge in [-0.2, -0.15) is 0 Å². The Bertz CT molecular complexity index is 207. The molecule has 88 valence electrons. The number of hydrogen-bond donors (Lipinski definition) is 1. The van der Waals surface area contributed by atoms with Crippen LogP contribution in [-0.4, -0.2) is 56.4 Å². The Morgan fingerprint density at radius 1 is 1.73 bits per heavy atom. The normalized spacial score (nSPS) is 23.9. The molecule has 2 N–H and O–H groups in total. The Kier molecular flexibility index (Phi) is 5.01. The van der Waals surface area contributed by atoms with Gasteiger partial charge < -0.3 is 20.1 Å². The number of nitrogens with zero attached hydrogens (tertiary/aromatic N) is 1. The van der Waals surface area contributed by atoms with Gasteiger partial charge in [-0.15, -0.1) is 0 Å². The Balaban J connectivity index is 2.44. The van der Waals surface area contributed by atoms with Crippen molar-refractivity contribution in [3.05, 3.63) is 0 Å². The Labute approximate surface area is 90.5 Å². The molecule has 0 aliphatic carbocycles. The van der Waals surface area contributed by atoms with Crippen LogP contribution in [0, 0.1) is 0 Å². The van der Waals surface area contributed by atoms with Crippen molar-refractivity contribution >= 4 is 5.91 Å². The lowest BCUT2D eigenvalue weighted by Crippen LogP contribution is -2.48. The summed E-state index contributed by atoms with van der Waals surface area (Å²) in [6, 6.07) is 0.154. The number of hydrogen-bond acceptors (Lipinski definition) is 4. The minimum atomic E-state index is -0.174. The van der Waals surface area contributed by atoms with Crippen molar-refractivity contribution in [2.75, 3.05) is 33.4 Å². The van der Waals surface area contributed by atoms with Crippen molar-refractivity contribution in [3.8, 4) is 0 Å². The molecule has 15 heavy (non-hydrogen) atoms. The number of carbonyl (C=O) groups is 1. The summed E-state index contributed by atoms with van der Waals surface area (Å²) >= 11 is 0. The van der Waals surface area contributed by atoms with Gasteiger partial charge in [0.15, 0.2) is 0 Å². The van der Waals surface area contributed by atoms with Crippen LogP contribution in [0.25, 0.3) is 0 Å². The third-order valence-corrected chi connectivity index (χ3v) is 2.69. The third kappa shape index (κ3) is 3.44. The highest BCUT2D eigenvalue weighted by molar-refractivity contribution is 5.77. The second kappa shape index (κ2) is 6.05. The van der Waals surface area contributed by atoms with E-state index in [1.165, 1.54) is 0 Å². The number of methoxy groups -OCH3 is 1. The molecule has 0 saturated carbocycles. The molecule has 0 spiro atoms. The molecule has 5 nitrogen and oxygen atoms in total. The minimum Gasteiger partial charge on any atom is -0.380 e. The average molecular weight is 216 g/mol. The standard InChI is InChI=1S/C10H20N2O3/c1-8-7-15-4-3-12(8)10(13)5-9(6-11)14-2/h8-9H,3-7,11H2,1-2H3. The van der Waals surface area contributed by atoms with Gasteiger partial charge >= 0.3 is 0 Å². The molecule has 1 heterocycles. The zero-order valence-corrected chi connectivity index (χ0v) is 9.44. The van der Waals surface area contributed by atoms with E-state index in [9.17, 15) is 4.79 Å². The second-order valence-electron chi connectivity index (χ2n) is 3.81. The molecule has 5 heteroatoms. The summed E-state index contributed by atoms with van der Waals surface area (Å²) in [6.45, 7) is 4.27. The van der Waals surface area contributed by atoms with Crippen LogP contribution in [0.1, 0.15) is 13.3 Å². The summed E-state index contributed by atoms with van der Waals surface area (Å²) < 4.78 is 10.4. The quantitative estimate of drug-likeness (QED) is 0.694. The van der Waals surface area contributed by atoms with Crippen LogP contribution >= 0.6 is 0 Å². The molecule has 0 aromatic heterocycles. The molecule has 2 atom stereocenters. The van der Waals surface area contributed by atoms with Crippen LogP contribution in [0.15, 0.2) is 0 Å². The van der Waals surface area contributed by atoms with E-state index in [2.05, 4.69) is 0 Å². The summed E-state index contributed by atoms with van der Waals surface area (Å²) in [6.07, 6.45) is 0.185. The maximum absolute atomic E-state index is 11.9. The first-order valence-electron chi connectivity index (χ1n) is 5.29. The molecule has 1 amide bonds. The average Bonchev–Trinajstić information content (AvgIpc) is 2.26. The molecular formula is C10H20N2O3. The molecule has 1 rings (SSSR count). The fourth-order valence-corrected chi connectivity index (χ4v) is 1.67. The smallest absolute Gasteiger partial charge is 0.225 e. The van der Waals surface area contributed by atoms with E-state index < -0.39 is 0 Å². The zero-order chi connectivity index (χ0) is 11.3. The SMILES string of the molecule is COC(CN)CC(=O)N1CCOCC1C. The van der Waals surface area contributed by atoms with Crippen LogP contribution in [-0.2, 0) is 14.3 Å². The Morgan fingerprint density at radius 3 is 3.00 bits per heavy atom. The number of morpholine rings is 1. The van der Waals surface area contributed by atoms with Crippen LogP contribution in [0.3, 0.4) is 0 Å². The highest BCUT2D eigenvalue weighted by Crippen LogP contribution is 2.09. The summed E-state index contributed by atoms with van der Waals surface area (Å²) in [7, 11) is 1.58. The van der Waals surface area contributed by atoms with E-state index >= 15 is 0 Å². The highest BCUT2D eigenvalue weighted by atomic mass is 16.5. The van der Waals surface area contributed by atoms with Crippen molar-refractivity contribution in [2.24, 2.45) is 5.73 Å². The fraction of sp³-hybridized carbons (Fsp3) is 0.900. The second-order valence-corrected chi connectivity index (χ2v) is 3.81. The monoisotopic (exact) mass is 216 g/mol. The van der Waals surface area contributed by atoms with E-state index in [4.69, 9.17) is 15.2 Å². The van der Waals surface area contributed by atoms with Crippen molar-refractivity contribution in [1.82, 2.24) is 4.90 Å². The summed E-state index contributed by atoms with van der Waals surface area (Å²) in [4.78, 5) is 13.7. The van der Waals surface area contributed by atoms with Crippen LogP contribution < -0.4 is 5.73 Å². The van der Waals surface area contributed by atoms with Crippen molar-refractivity contribution in [1.29, 1.82) is 0 Å². The molecule has 1 fully saturated rings. The Hall–Kier alpha value is -0.650. The largest absolute Gasteiger partial charge is 0.380 e. The van der Waals surface area contributed by atoms with E-state index in [1.807, 2.05) is 11.8 Å². The summed E-state index contributed by atoms with van der Waals surface area (Å²) in [5, 5.41) is 0. The van der Waals surface area contributed by atoms with Crippen molar-refractivity contribution < 1.29 is 14.3 Å². The number of rotatable bonds is 4.